The fraction of sp³-hybridized carbons (Fsp3) is 0.208. The lowest BCUT2D eigenvalue weighted by molar-refractivity contribution is -0.119. The largest absolute Gasteiger partial charge is 0.496 e. The quantitative estimate of drug-likeness (QED) is 0.580. The van der Waals surface area contributed by atoms with Crippen molar-refractivity contribution in [2.24, 2.45) is 0 Å². The zero-order valence-corrected chi connectivity index (χ0v) is 18.6. The van der Waals surface area contributed by atoms with Gasteiger partial charge < -0.3 is 10.1 Å². The number of amides is 1. The van der Waals surface area contributed by atoms with Gasteiger partial charge in [-0.05, 0) is 44.2 Å². The molecule has 31 heavy (non-hydrogen) atoms. The maximum atomic E-state index is 13.4. The van der Waals surface area contributed by atoms with Gasteiger partial charge in [0, 0.05) is 12.1 Å². The van der Waals surface area contributed by atoms with E-state index < -0.39 is 15.9 Å². The number of hydrogen-bond acceptors (Lipinski definition) is 4. The van der Waals surface area contributed by atoms with Gasteiger partial charge in [-0.2, -0.15) is 0 Å². The Morgan fingerprint density at radius 3 is 2.10 bits per heavy atom. The molecule has 3 aromatic rings. The summed E-state index contributed by atoms with van der Waals surface area (Å²) in [6.45, 7) is 3.70. The van der Waals surface area contributed by atoms with Crippen molar-refractivity contribution in [1.82, 2.24) is 5.32 Å². The molecule has 0 fully saturated rings. The molecular weight excluding hydrogens is 412 g/mol. The van der Waals surface area contributed by atoms with Crippen LogP contribution < -0.4 is 14.4 Å². The zero-order valence-electron chi connectivity index (χ0n) is 17.8. The summed E-state index contributed by atoms with van der Waals surface area (Å²) < 4.78 is 33.2. The molecule has 0 radical (unpaired) electrons. The van der Waals surface area contributed by atoms with E-state index in [1.165, 1.54) is 0 Å². The summed E-state index contributed by atoms with van der Waals surface area (Å²) in [5, 5.41) is 2.79. The smallest absolute Gasteiger partial charge is 0.264 e. The van der Waals surface area contributed by atoms with Crippen LogP contribution in [0, 0.1) is 13.8 Å². The van der Waals surface area contributed by atoms with Gasteiger partial charge in [-0.25, -0.2) is 8.42 Å². The number of aryl methyl sites for hydroxylation is 2. The molecule has 1 N–H and O–H groups in total. The summed E-state index contributed by atoms with van der Waals surface area (Å²) in [5.41, 5.74) is 3.19. The van der Waals surface area contributed by atoms with Gasteiger partial charge in [0.2, 0.25) is 5.91 Å². The van der Waals surface area contributed by atoms with Crippen LogP contribution in [0.5, 0.6) is 5.75 Å². The molecule has 0 aliphatic rings. The third-order valence-corrected chi connectivity index (χ3v) is 6.67. The Bertz CT molecular complexity index is 1140. The van der Waals surface area contributed by atoms with Gasteiger partial charge >= 0.3 is 0 Å². The van der Waals surface area contributed by atoms with E-state index in [2.05, 4.69) is 5.32 Å². The molecule has 0 aromatic heterocycles. The number of nitrogens with one attached hydrogen (secondary N) is 1. The predicted octanol–water partition coefficient (Wildman–Crippen LogP) is 3.82. The van der Waals surface area contributed by atoms with Gasteiger partial charge in [0.25, 0.3) is 10.0 Å². The van der Waals surface area contributed by atoms with Gasteiger partial charge in [-0.1, -0.05) is 53.6 Å². The van der Waals surface area contributed by atoms with E-state index >= 15 is 0 Å². The average Bonchev–Trinajstić information content (AvgIpc) is 2.77. The fourth-order valence-electron chi connectivity index (χ4n) is 3.09. The van der Waals surface area contributed by atoms with Crippen molar-refractivity contribution in [3.8, 4) is 5.75 Å². The lowest BCUT2D eigenvalue weighted by Crippen LogP contribution is -2.40. The number of methoxy groups -OCH3 is 1. The minimum Gasteiger partial charge on any atom is -0.496 e. The molecule has 0 bridgehead atoms. The Morgan fingerprint density at radius 1 is 0.903 bits per heavy atom. The van der Waals surface area contributed by atoms with Crippen LogP contribution in [0.25, 0.3) is 0 Å². The van der Waals surface area contributed by atoms with Crippen molar-refractivity contribution in [2.45, 2.75) is 25.3 Å². The van der Waals surface area contributed by atoms with Crippen LogP contribution in [0.3, 0.4) is 0 Å². The molecule has 7 heteroatoms. The topological polar surface area (TPSA) is 75.7 Å². The van der Waals surface area contributed by atoms with Gasteiger partial charge in [-0.15, -0.1) is 0 Å². The highest BCUT2D eigenvalue weighted by Crippen LogP contribution is 2.24. The van der Waals surface area contributed by atoms with E-state index in [0.717, 1.165) is 21.0 Å². The molecule has 3 rings (SSSR count). The third kappa shape index (κ3) is 5.44. The second-order valence-electron chi connectivity index (χ2n) is 7.25. The number of rotatable bonds is 8. The lowest BCUT2D eigenvalue weighted by Gasteiger charge is -2.24. The summed E-state index contributed by atoms with van der Waals surface area (Å²) in [6, 6.07) is 21.0. The summed E-state index contributed by atoms with van der Waals surface area (Å²) in [6.07, 6.45) is 0. The van der Waals surface area contributed by atoms with Crippen LogP contribution in [-0.2, 0) is 21.4 Å². The van der Waals surface area contributed by atoms with Crippen molar-refractivity contribution in [2.75, 3.05) is 18.0 Å². The first-order chi connectivity index (χ1) is 14.8. The van der Waals surface area contributed by atoms with Crippen molar-refractivity contribution < 1.29 is 17.9 Å². The van der Waals surface area contributed by atoms with E-state index in [9.17, 15) is 13.2 Å². The Hall–Kier alpha value is -3.32. The van der Waals surface area contributed by atoms with Crippen LogP contribution >= 0.6 is 0 Å². The van der Waals surface area contributed by atoms with Crippen LogP contribution in [-0.4, -0.2) is 28.0 Å². The summed E-state index contributed by atoms with van der Waals surface area (Å²) in [4.78, 5) is 12.9. The van der Waals surface area contributed by atoms with E-state index in [4.69, 9.17) is 4.74 Å². The van der Waals surface area contributed by atoms with Crippen molar-refractivity contribution >= 4 is 21.6 Å². The molecule has 0 saturated heterocycles. The van der Waals surface area contributed by atoms with Gasteiger partial charge in [0.15, 0.2) is 0 Å². The molecule has 0 aliphatic carbocycles. The first-order valence-electron chi connectivity index (χ1n) is 9.86. The Balaban J connectivity index is 1.85. The molecule has 6 nitrogen and oxygen atoms in total. The van der Waals surface area contributed by atoms with Crippen LogP contribution in [0.2, 0.25) is 0 Å². The third-order valence-electron chi connectivity index (χ3n) is 4.89. The minimum atomic E-state index is -3.93. The Kier molecular flexibility index (Phi) is 6.97. The molecule has 0 heterocycles. The van der Waals surface area contributed by atoms with Crippen molar-refractivity contribution in [3.63, 3.8) is 0 Å². The second kappa shape index (κ2) is 9.66. The van der Waals surface area contributed by atoms with Gasteiger partial charge in [0.1, 0.15) is 12.3 Å². The molecule has 1 amide bonds. The lowest BCUT2D eigenvalue weighted by atomic mass is 10.2. The van der Waals surface area contributed by atoms with E-state index in [1.54, 1.807) is 43.5 Å². The summed E-state index contributed by atoms with van der Waals surface area (Å²) >= 11 is 0. The number of anilines is 1. The molecule has 0 saturated carbocycles. The number of nitrogens with zero attached hydrogens (tertiary/aromatic N) is 1. The maximum Gasteiger partial charge on any atom is 0.264 e. The highest BCUT2D eigenvalue weighted by Gasteiger charge is 2.27. The zero-order chi connectivity index (χ0) is 22.4. The monoisotopic (exact) mass is 438 g/mol. The van der Waals surface area contributed by atoms with Crippen LogP contribution in [0.1, 0.15) is 16.7 Å². The first kappa shape index (κ1) is 22.4. The first-order valence-corrected chi connectivity index (χ1v) is 11.3. The molecule has 0 spiro atoms. The molecule has 0 aliphatic heterocycles. The average molecular weight is 439 g/mol. The number of carbonyl (C=O) groups excluding carboxylic acids is 1. The van der Waals surface area contributed by atoms with Gasteiger partial charge in [0.05, 0.1) is 17.7 Å². The maximum absolute atomic E-state index is 13.4. The minimum absolute atomic E-state index is 0.135. The van der Waals surface area contributed by atoms with Gasteiger partial charge in [-0.3, -0.25) is 9.10 Å². The molecule has 0 atom stereocenters. The number of hydrogen-bond donors (Lipinski definition) is 1. The van der Waals surface area contributed by atoms with Crippen molar-refractivity contribution in [1.29, 1.82) is 0 Å². The summed E-state index contributed by atoms with van der Waals surface area (Å²) in [7, 11) is -2.36. The predicted molar refractivity (Wildman–Crippen MR) is 122 cm³/mol. The molecule has 0 unspecified atom stereocenters. The Labute approximate surface area is 183 Å². The number of sulfonamides is 1. The molecular formula is C24H26N2O4S. The number of ether oxygens (including phenoxy) is 1. The highest BCUT2D eigenvalue weighted by molar-refractivity contribution is 7.92. The molecule has 3 aromatic carbocycles. The highest BCUT2D eigenvalue weighted by atomic mass is 32.2. The molecule has 162 valence electrons. The second-order valence-corrected chi connectivity index (χ2v) is 9.11. The van der Waals surface area contributed by atoms with Crippen LogP contribution in [0.15, 0.2) is 77.7 Å². The SMILES string of the molecule is COc1ccccc1CNC(=O)CN(c1ccc(C)cc1)S(=O)(=O)c1ccc(C)cc1. The normalized spacial score (nSPS) is 11.1. The number of para-hydroxylation sites is 1. The number of carbonyl (C=O) groups is 1. The number of benzene rings is 3. The van der Waals surface area contributed by atoms with Crippen LogP contribution in [0.4, 0.5) is 5.69 Å². The Morgan fingerprint density at radius 2 is 1.48 bits per heavy atom. The van der Waals surface area contributed by atoms with E-state index in [-0.39, 0.29) is 18.0 Å². The van der Waals surface area contributed by atoms with E-state index in [1.807, 2.05) is 50.2 Å². The summed E-state index contributed by atoms with van der Waals surface area (Å²) in [5.74, 6) is 0.243. The fourth-order valence-corrected chi connectivity index (χ4v) is 4.51. The standard InChI is InChI=1S/C24H26N2O4S/c1-18-8-12-21(13-9-18)26(31(28,29)22-14-10-19(2)11-15-22)17-24(27)25-16-20-6-4-5-7-23(20)30-3/h4-15H,16-17H2,1-3H3,(H,25,27). The van der Waals surface area contributed by atoms with Crippen molar-refractivity contribution in [3.05, 3.63) is 89.5 Å². The van der Waals surface area contributed by atoms with E-state index in [0.29, 0.717) is 11.4 Å².